The zero-order valence-corrected chi connectivity index (χ0v) is 8.48. The molecular formula is C9H9N2O3S+. The lowest BCUT2D eigenvalue weighted by atomic mass is 10.2. The lowest BCUT2D eigenvalue weighted by molar-refractivity contribution is -0.884. The van der Waals surface area contributed by atoms with Crippen LogP contribution in [0.1, 0.15) is 0 Å². The highest BCUT2D eigenvalue weighted by Crippen LogP contribution is 2.17. The summed E-state index contributed by atoms with van der Waals surface area (Å²) in [4.78, 5) is 0.00315. The van der Waals surface area contributed by atoms with E-state index in [-0.39, 0.29) is 4.90 Å². The lowest BCUT2D eigenvalue weighted by Crippen LogP contribution is -2.31. The Morgan fingerprint density at radius 1 is 1.20 bits per heavy atom. The number of benzene rings is 1. The smallest absolute Gasteiger partial charge is 0.265 e. The highest BCUT2D eigenvalue weighted by atomic mass is 32.2. The Labute approximate surface area is 86.4 Å². The Bertz CT molecular complexity index is 622. The topological polar surface area (TPSA) is 84.3 Å². The van der Waals surface area contributed by atoms with Gasteiger partial charge in [0, 0.05) is 16.9 Å². The van der Waals surface area contributed by atoms with Crippen molar-refractivity contribution in [2.75, 3.05) is 0 Å². The van der Waals surface area contributed by atoms with E-state index in [1.165, 1.54) is 12.3 Å². The third-order valence-corrected chi connectivity index (χ3v) is 3.06. The van der Waals surface area contributed by atoms with Crippen LogP contribution < -0.4 is 9.87 Å². The molecule has 0 aliphatic rings. The molecule has 0 atom stereocenters. The fourth-order valence-electron chi connectivity index (χ4n) is 1.44. The Hall–Kier alpha value is -1.66. The highest BCUT2D eigenvalue weighted by molar-refractivity contribution is 7.89. The van der Waals surface area contributed by atoms with Crippen molar-refractivity contribution in [2.45, 2.75) is 4.90 Å². The number of hydrogen-bond donors (Lipinski definition) is 2. The van der Waals surface area contributed by atoms with E-state index in [2.05, 4.69) is 0 Å². The van der Waals surface area contributed by atoms with Crippen molar-refractivity contribution < 1.29 is 18.4 Å². The molecule has 0 spiro atoms. The third kappa shape index (κ3) is 1.64. The van der Waals surface area contributed by atoms with Gasteiger partial charge in [-0.15, -0.1) is 0 Å². The molecule has 0 unspecified atom stereocenters. The van der Waals surface area contributed by atoms with Crippen molar-refractivity contribution in [1.82, 2.24) is 0 Å². The van der Waals surface area contributed by atoms with Crippen LogP contribution in [0.15, 0.2) is 41.4 Å². The van der Waals surface area contributed by atoms with Gasteiger partial charge in [0.2, 0.25) is 16.2 Å². The summed E-state index contributed by atoms with van der Waals surface area (Å²) >= 11 is 0. The molecule has 1 aromatic heterocycles. The third-order valence-electron chi connectivity index (χ3n) is 2.09. The van der Waals surface area contributed by atoms with E-state index in [9.17, 15) is 13.6 Å². The first-order chi connectivity index (χ1) is 7.00. The summed E-state index contributed by atoms with van der Waals surface area (Å²) in [5.41, 5.74) is 0.393. The average Bonchev–Trinajstić information content (AvgIpc) is 2.17. The molecule has 15 heavy (non-hydrogen) atoms. The van der Waals surface area contributed by atoms with Gasteiger partial charge >= 0.3 is 0 Å². The minimum atomic E-state index is -3.77. The molecule has 0 fully saturated rings. The first-order valence-corrected chi connectivity index (χ1v) is 5.70. The SMILES string of the molecule is NS(=O)(=O)c1cc[n+](O)c2ccccc12. The molecule has 0 aliphatic carbocycles. The zero-order chi connectivity index (χ0) is 11.1. The van der Waals surface area contributed by atoms with Gasteiger partial charge < -0.3 is 0 Å². The quantitative estimate of drug-likeness (QED) is 0.529. The summed E-state index contributed by atoms with van der Waals surface area (Å²) in [6, 6.07) is 7.82. The number of sulfonamides is 1. The standard InChI is InChI=1S/C9H9N2O3S/c10-15(13,14)9-5-6-11(12)8-4-2-1-3-7(8)9/h1-6,12H,(H2,10,13,14)/q+1. The van der Waals surface area contributed by atoms with Crippen molar-refractivity contribution in [3.8, 4) is 0 Å². The van der Waals surface area contributed by atoms with Gasteiger partial charge in [-0.2, -0.15) is 0 Å². The fraction of sp³-hybridized carbons (Fsp3) is 0. The molecular weight excluding hydrogens is 216 g/mol. The predicted molar refractivity (Wildman–Crippen MR) is 52.7 cm³/mol. The van der Waals surface area contributed by atoms with Gasteiger partial charge in [-0.1, -0.05) is 12.1 Å². The maximum absolute atomic E-state index is 11.2. The van der Waals surface area contributed by atoms with E-state index >= 15 is 0 Å². The van der Waals surface area contributed by atoms with E-state index in [1.807, 2.05) is 0 Å². The summed E-state index contributed by atoms with van der Waals surface area (Å²) in [6.45, 7) is 0. The first kappa shape index (κ1) is 9.88. The van der Waals surface area contributed by atoms with Gasteiger partial charge in [0.1, 0.15) is 4.90 Å². The van der Waals surface area contributed by atoms with Gasteiger partial charge in [0.05, 0.1) is 5.39 Å². The summed E-state index contributed by atoms with van der Waals surface area (Å²) in [7, 11) is -3.77. The molecule has 3 N–H and O–H groups in total. The summed E-state index contributed by atoms with van der Waals surface area (Å²) < 4.78 is 23.3. The van der Waals surface area contributed by atoms with E-state index in [1.54, 1.807) is 24.3 Å². The Morgan fingerprint density at radius 2 is 1.87 bits per heavy atom. The van der Waals surface area contributed by atoms with Gasteiger partial charge in [0.25, 0.3) is 5.52 Å². The van der Waals surface area contributed by atoms with E-state index < -0.39 is 10.0 Å². The summed E-state index contributed by atoms with van der Waals surface area (Å²) in [5.74, 6) is 0. The number of aromatic nitrogens is 1. The van der Waals surface area contributed by atoms with Crippen LogP contribution in [0.25, 0.3) is 10.9 Å². The van der Waals surface area contributed by atoms with Crippen LogP contribution >= 0.6 is 0 Å². The van der Waals surface area contributed by atoms with Crippen molar-refractivity contribution in [3.05, 3.63) is 36.5 Å². The van der Waals surface area contributed by atoms with Gasteiger partial charge in [-0.3, -0.25) is 5.21 Å². The minimum absolute atomic E-state index is 0.00315. The number of fused-ring (bicyclic) bond motifs is 1. The molecule has 0 radical (unpaired) electrons. The van der Waals surface area contributed by atoms with Gasteiger partial charge in [0.15, 0.2) is 0 Å². The Balaban J connectivity index is 2.96. The molecule has 2 rings (SSSR count). The van der Waals surface area contributed by atoms with Crippen molar-refractivity contribution in [2.24, 2.45) is 5.14 Å². The monoisotopic (exact) mass is 225 g/mol. The first-order valence-electron chi connectivity index (χ1n) is 4.15. The number of nitrogens with two attached hydrogens (primary N) is 1. The molecule has 0 saturated carbocycles. The average molecular weight is 225 g/mol. The molecule has 0 saturated heterocycles. The molecule has 0 amide bonds. The molecule has 1 aromatic carbocycles. The molecule has 6 heteroatoms. The van der Waals surface area contributed by atoms with Crippen molar-refractivity contribution in [1.29, 1.82) is 0 Å². The van der Waals surface area contributed by atoms with Crippen molar-refractivity contribution in [3.63, 3.8) is 0 Å². The molecule has 1 heterocycles. The second-order valence-electron chi connectivity index (χ2n) is 3.09. The number of hydrogen-bond acceptors (Lipinski definition) is 3. The Morgan fingerprint density at radius 3 is 2.53 bits per heavy atom. The maximum Gasteiger partial charge on any atom is 0.265 e. The molecule has 0 aliphatic heterocycles. The molecule has 0 bridgehead atoms. The van der Waals surface area contributed by atoms with Crippen molar-refractivity contribution >= 4 is 20.9 Å². The van der Waals surface area contributed by atoms with Crippen LogP contribution in [0, 0.1) is 0 Å². The van der Waals surface area contributed by atoms with E-state index in [0.717, 1.165) is 4.73 Å². The van der Waals surface area contributed by atoms with Crippen LogP contribution in [0.2, 0.25) is 0 Å². The lowest BCUT2D eigenvalue weighted by Gasteiger charge is -2.00. The second kappa shape index (κ2) is 3.18. The summed E-state index contributed by atoms with van der Waals surface area (Å²) in [6.07, 6.45) is 1.24. The largest absolute Gasteiger partial charge is 0.285 e. The van der Waals surface area contributed by atoms with Crippen LogP contribution in [0.4, 0.5) is 0 Å². The number of rotatable bonds is 1. The Kier molecular flexibility index (Phi) is 2.09. The second-order valence-corrected chi connectivity index (χ2v) is 4.62. The van der Waals surface area contributed by atoms with E-state index in [4.69, 9.17) is 5.14 Å². The number of para-hydroxylation sites is 1. The molecule has 5 nitrogen and oxygen atoms in total. The normalized spacial score (nSPS) is 11.8. The highest BCUT2D eigenvalue weighted by Gasteiger charge is 2.18. The maximum atomic E-state index is 11.2. The minimum Gasteiger partial charge on any atom is -0.285 e. The van der Waals surface area contributed by atoms with Crippen LogP contribution in [0.5, 0.6) is 0 Å². The van der Waals surface area contributed by atoms with Crippen LogP contribution in [0.3, 0.4) is 0 Å². The number of pyridine rings is 1. The fourth-order valence-corrected chi connectivity index (χ4v) is 2.17. The molecule has 78 valence electrons. The number of primary sulfonamides is 1. The number of nitrogens with zero attached hydrogens (tertiary/aromatic N) is 1. The van der Waals surface area contributed by atoms with Crippen LogP contribution in [-0.2, 0) is 10.0 Å². The van der Waals surface area contributed by atoms with Gasteiger partial charge in [-0.25, -0.2) is 13.6 Å². The van der Waals surface area contributed by atoms with Gasteiger partial charge in [-0.05, 0) is 6.07 Å². The molecule has 2 aromatic rings. The zero-order valence-electron chi connectivity index (χ0n) is 7.66. The van der Waals surface area contributed by atoms with Crippen LogP contribution in [-0.4, -0.2) is 13.6 Å². The predicted octanol–water partition coefficient (Wildman–Crippen LogP) is 0.0120. The summed E-state index contributed by atoms with van der Waals surface area (Å²) in [5, 5.41) is 14.9. The van der Waals surface area contributed by atoms with E-state index in [0.29, 0.717) is 10.9 Å².